The molecular formula is C31H41NO7. The number of aliphatic hydroxyl groups excluding tert-OH is 2. The van der Waals surface area contributed by atoms with Gasteiger partial charge in [-0.2, -0.15) is 0 Å². The quantitative estimate of drug-likeness (QED) is 0.489. The molecule has 8 nitrogen and oxygen atoms in total. The summed E-state index contributed by atoms with van der Waals surface area (Å²) in [5.74, 6) is -1.66. The first-order valence-electron chi connectivity index (χ1n) is 14.8. The molecule has 2 spiro atoms. The van der Waals surface area contributed by atoms with E-state index in [4.69, 9.17) is 9.47 Å². The van der Waals surface area contributed by atoms with Gasteiger partial charge in [0.05, 0.1) is 17.8 Å². The molecule has 7 fully saturated rings. The van der Waals surface area contributed by atoms with Crippen LogP contribution in [0, 0.1) is 39.9 Å². The lowest BCUT2D eigenvalue weighted by molar-refractivity contribution is -0.331. The van der Waals surface area contributed by atoms with Gasteiger partial charge < -0.3 is 24.8 Å². The Morgan fingerprint density at radius 2 is 1.85 bits per heavy atom. The second kappa shape index (κ2) is 8.28. The van der Waals surface area contributed by atoms with E-state index in [1.54, 1.807) is 24.3 Å². The Kier molecular flexibility index (Phi) is 5.50. The van der Waals surface area contributed by atoms with Crippen molar-refractivity contribution in [2.24, 2.45) is 39.9 Å². The maximum Gasteiger partial charge on any atom is 0.338 e. The highest BCUT2D eigenvalue weighted by Crippen LogP contribution is 2.84. The van der Waals surface area contributed by atoms with Crippen LogP contribution in [-0.2, 0) is 14.3 Å². The maximum atomic E-state index is 12.9. The number of fused-ring (bicyclic) bond motifs is 2. The number of esters is 2. The topological polar surface area (TPSA) is 117 Å². The number of piperidine rings is 1. The van der Waals surface area contributed by atoms with Gasteiger partial charge in [0.25, 0.3) is 0 Å². The predicted octanol–water partition coefficient (Wildman–Crippen LogP) is 2.39. The SMILES string of the molecule is CCN1C[C@]2(C)CC[C@H](O)[C@@]34C5C(O)C6CCC5(C(CC23)[C@@H]14)C(OC(C)=O)C6(O)COC(=O)c1ccccc1. The molecule has 212 valence electrons. The Morgan fingerprint density at radius 3 is 2.54 bits per heavy atom. The molecule has 1 aromatic carbocycles. The van der Waals surface area contributed by atoms with Crippen LogP contribution in [0.4, 0.5) is 0 Å². The van der Waals surface area contributed by atoms with Gasteiger partial charge in [0, 0.05) is 42.2 Å². The maximum absolute atomic E-state index is 12.9. The molecule has 7 bridgehead atoms. The zero-order valence-corrected chi connectivity index (χ0v) is 23.1. The molecule has 1 aromatic rings. The molecule has 0 aromatic heterocycles. The van der Waals surface area contributed by atoms with Crippen LogP contribution in [0.1, 0.15) is 63.2 Å². The zero-order valence-electron chi connectivity index (χ0n) is 23.1. The van der Waals surface area contributed by atoms with E-state index in [9.17, 15) is 24.9 Å². The summed E-state index contributed by atoms with van der Waals surface area (Å²) in [6.45, 7) is 7.32. The molecule has 8 unspecified atom stereocenters. The van der Waals surface area contributed by atoms with Crippen LogP contribution < -0.4 is 0 Å². The fraction of sp³-hybridized carbons (Fsp3) is 0.742. The lowest BCUT2D eigenvalue weighted by Gasteiger charge is -2.71. The molecule has 6 aliphatic carbocycles. The number of rotatable bonds is 5. The number of ether oxygens (including phenoxy) is 2. The third-order valence-electron chi connectivity index (χ3n) is 12.5. The van der Waals surface area contributed by atoms with E-state index in [1.165, 1.54) is 6.92 Å². The van der Waals surface area contributed by atoms with Gasteiger partial charge in [-0.05, 0) is 68.0 Å². The smallest absolute Gasteiger partial charge is 0.338 e. The fourth-order valence-electron chi connectivity index (χ4n) is 11.7. The number of likely N-dealkylation sites (tertiary alicyclic amines) is 1. The normalized spacial score (nSPS) is 50.9. The van der Waals surface area contributed by atoms with Crippen molar-refractivity contribution in [2.75, 3.05) is 19.7 Å². The van der Waals surface area contributed by atoms with E-state index in [1.807, 2.05) is 6.07 Å². The number of carbonyl (C=O) groups excluding carboxylic acids is 2. The molecule has 3 N–H and O–H groups in total. The first-order valence-corrected chi connectivity index (χ1v) is 14.8. The minimum absolute atomic E-state index is 0.0525. The highest BCUT2D eigenvalue weighted by molar-refractivity contribution is 5.89. The fourth-order valence-corrected chi connectivity index (χ4v) is 11.7. The standard InChI is InChI=1S/C31H41NO7/c1-4-32-15-28(3)12-11-22(34)31-21(28)14-20(25(31)32)29-13-10-19(23(35)24(29)31)30(37,27(29)39-17(2)33)16-38-26(36)18-8-6-5-7-9-18/h5-9,19-25,27,34-35,37H,4,10-16H2,1-3H3/t19?,20?,21?,22-,23?,24?,25+,27?,28-,29?,30?,31+/m0/s1. The van der Waals surface area contributed by atoms with E-state index in [2.05, 4.69) is 18.7 Å². The van der Waals surface area contributed by atoms with Gasteiger partial charge in [0.1, 0.15) is 18.3 Å². The van der Waals surface area contributed by atoms with Crippen LogP contribution in [0.3, 0.4) is 0 Å². The zero-order chi connectivity index (χ0) is 27.5. The van der Waals surface area contributed by atoms with Crippen molar-refractivity contribution >= 4 is 11.9 Å². The van der Waals surface area contributed by atoms with Crippen molar-refractivity contribution < 1.29 is 34.4 Å². The summed E-state index contributed by atoms with van der Waals surface area (Å²) in [5, 5.41) is 36.5. The summed E-state index contributed by atoms with van der Waals surface area (Å²) < 4.78 is 11.8. The van der Waals surface area contributed by atoms with Crippen LogP contribution >= 0.6 is 0 Å². The van der Waals surface area contributed by atoms with Crippen LogP contribution in [-0.4, -0.2) is 81.8 Å². The Morgan fingerprint density at radius 1 is 1.10 bits per heavy atom. The number of benzene rings is 1. The van der Waals surface area contributed by atoms with Crippen LogP contribution in [0.15, 0.2) is 30.3 Å². The third kappa shape index (κ3) is 2.94. The van der Waals surface area contributed by atoms with Crippen molar-refractivity contribution in [1.82, 2.24) is 4.90 Å². The Labute approximate surface area is 229 Å². The predicted molar refractivity (Wildman–Crippen MR) is 140 cm³/mol. The number of hydrogen-bond donors (Lipinski definition) is 3. The molecule has 8 rings (SSSR count). The van der Waals surface area contributed by atoms with Gasteiger partial charge in [-0.25, -0.2) is 4.79 Å². The van der Waals surface area contributed by atoms with E-state index in [0.717, 1.165) is 25.9 Å². The summed E-state index contributed by atoms with van der Waals surface area (Å²) in [4.78, 5) is 28.0. The van der Waals surface area contributed by atoms with Crippen molar-refractivity contribution in [1.29, 1.82) is 0 Å². The van der Waals surface area contributed by atoms with Gasteiger partial charge in [-0.3, -0.25) is 9.69 Å². The minimum Gasteiger partial charge on any atom is -0.459 e. The monoisotopic (exact) mass is 539 g/mol. The van der Waals surface area contributed by atoms with Crippen molar-refractivity contribution in [3.8, 4) is 0 Å². The van der Waals surface area contributed by atoms with Gasteiger partial charge in [-0.1, -0.05) is 32.0 Å². The van der Waals surface area contributed by atoms with Crippen molar-refractivity contribution in [3.05, 3.63) is 35.9 Å². The van der Waals surface area contributed by atoms with Crippen LogP contribution in [0.25, 0.3) is 0 Å². The molecule has 0 radical (unpaired) electrons. The summed E-state index contributed by atoms with van der Waals surface area (Å²) in [7, 11) is 0. The number of carbonyl (C=O) groups is 2. The number of hydrogen-bond acceptors (Lipinski definition) is 8. The van der Waals surface area contributed by atoms with Gasteiger partial charge >= 0.3 is 11.9 Å². The van der Waals surface area contributed by atoms with E-state index >= 15 is 0 Å². The molecular weight excluding hydrogens is 498 g/mol. The Balaban J connectivity index is 1.34. The molecule has 0 amide bonds. The average Bonchev–Trinajstić information content (AvgIpc) is 3.36. The molecule has 1 saturated heterocycles. The Bertz CT molecular complexity index is 1190. The summed E-state index contributed by atoms with van der Waals surface area (Å²) >= 11 is 0. The molecule has 1 aliphatic heterocycles. The van der Waals surface area contributed by atoms with Gasteiger partial charge in [-0.15, -0.1) is 0 Å². The second-order valence-electron chi connectivity index (χ2n) is 13.8. The second-order valence-corrected chi connectivity index (χ2v) is 13.8. The molecule has 6 saturated carbocycles. The summed E-state index contributed by atoms with van der Waals surface area (Å²) in [5.41, 5.74) is -2.51. The van der Waals surface area contributed by atoms with Crippen molar-refractivity contribution in [2.45, 2.75) is 82.8 Å². The molecule has 8 heteroatoms. The first kappa shape index (κ1) is 25.9. The van der Waals surface area contributed by atoms with Crippen LogP contribution in [0.2, 0.25) is 0 Å². The van der Waals surface area contributed by atoms with E-state index < -0.39 is 52.6 Å². The van der Waals surface area contributed by atoms with Gasteiger partial charge in [0.2, 0.25) is 0 Å². The lowest BCUT2D eigenvalue weighted by atomic mass is 9.37. The Hall–Kier alpha value is -2.00. The summed E-state index contributed by atoms with van der Waals surface area (Å²) in [6, 6.07) is 8.68. The largest absolute Gasteiger partial charge is 0.459 e. The highest BCUT2D eigenvalue weighted by Gasteiger charge is 2.89. The molecule has 39 heavy (non-hydrogen) atoms. The summed E-state index contributed by atoms with van der Waals surface area (Å²) in [6.07, 6.45) is 1.44. The van der Waals surface area contributed by atoms with E-state index in [-0.39, 0.29) is 35.8 Å². The minimum atomic E-state index is -1.72. The molecule has 1 heterocycles. The molecule has 12 atom stereocenters. The van der Waals surface area contributed by atoms with Gasteiger partial charge in [0.15, 0.2) is 0 Å². The highest BCUT2D eigenvalue weighted by atomic mass is 16.6. The number of aliphatic hydroxyl groups is 3. The van der Waals surface area contributed by atoms with Crippen molar-refractivity contribution in [3.63, 3.8) is 0 Å². The third-order valence-corrected chi connectivity index (χ3v) is 12.5. The van der Waals surface area contributed by atoms with E-state index in [0.29, 0.717) is 24.8 Å². The average molecular weight is 540 g/mol. The van der Waals surface area contributed by atoms with Crippen LogP contribution in [0.5, 0.6) is 0 Å². The molecule has 7 aliphatic rings. The number of nitrogens with zero attached hydrogens (tertiary/aromatic N) is 1. The first-order chi connectivity index (χ1) is 18.6. The lowest BCUT2D eigenvalue weighted by Crippen LogP contribution is -2.78.